The third kappa shape index (κ3) is 2.94. The summed E-state index contributed by atoms with van der Waals surface area (Å²) < 4.78 is 1.43. The first kappa shape index (κ1) is 14.4. The third-order valence-electron chi connectivity index (χ3n) is 3.62. The highest BCUT2D eigenvalue weighted by Gasteiger charge is 2.25. The molecular weight excluding hydrogens is 262 g/mol. The van der Waals surface area contributed by atoms with Crippen LogP contribution in [-0.4, -0.2) is 22.9 Å². The average Bonchev–Trinajstić information content (AvgIpc) is 2.30. The molecule has 2 heterocycles. The first-order valence-electron chi connectivity index (χ1n) is 6.92. The Bertz CT molecular complexity index is 502. The van der Waals surface area contributed by atoms with E-state index in [1.807, 2.05) is 13.8 Å². The van der Waals surface area contributed by atoms with Crippen molar-refractivity contribution in [2.45, 2.75) is 40.2 Å². The van der Waals surface area contributed by atoms with Gasteiger partial charge in [0, 0.05) is 13.1 Å². The van der Waals surface area contributed by atoms with Gasteiger partial charge < -0.3 is 4.90 Å². The maximum absolute atomic E-state index is 12.2. The molecule has 1 aliphatic heterocycles. The van der Waals surface area contributed by atoms with E-state index in [4.69, 9.17) is 11.6 Å². The molecule has 1 aromatic heterocycles. The van der Waals surface area contributed by atoms with Crippen molar-refractivity contribution >= 4 is 17.3 Å². The maximum atomic E-state index is 12.2. The van der Waals surface area contributed by atoms with Crippen LogP contribution in [0.5, 0.6) is 0 Å². The van der Waals surface area contributed by atoms with Crippen LogP contribution >= 0.6 is 11.6 Å². The van der Waals surface area contributed by atoms with Crippen molar-refractivity contribution in [2.75, 3.05) is 18.0 Å². The Morgan fingerprint density at radius 2 is 1.89 bits per heavy atom. The maximum Gasteiger partial charge on any atom is 0.287 e. The number of rotatable bonds is 2. The summed E-state index contributed by atoms with van der Waals surface area (Å²) in [5.74, 6) is 1.24. The van der Waals surface area contributed by atoms with Crippen molar-refractivity contribution in [3.63, 3.8) is 0 Å². The van der Waals surface area contributed by atoms with E-state index < -0.39 is 0 Å². The number of nitrogens with zero attached hydrogens (tertiary/aromatic N) is 3. The second-order valence-corrected chi connectivity index (χ2v) is 6.42. The molecule has 2 rings (SSSR count). The number of hydrogen-bond donors (Lipinski definition) is 0. The summed E-state index contributed by atoms with van der Waals surface area (Å²) in [5.41, 5.74) is 0.585. The first-order chi connectivity index (χ1) is 8.90. The molecule has 1 saturated heterocycles. The van der Waals surface area contributed by atoms with E-state index in [1.165, 1.54) is 11.1 Å². The van der Waals surface area contributed by atoms with Crippen molar-refractivity contribution < 1.29 is 0 Å². The Hall–Kier alpha value is -1.03. The van der Waals surface area contributed by atoms with Gasteiger partial charge in [-0.15, -0.1) is 0 Å². The summed E-state index contributed by atoms with van der Waals surface area (Å²) in [7, 11) is 0. The summed E-state index contributed by atoms with van der Waals surface area (Å²) >= 11 is 6.26. The third-order valence-corrected chi connectivity index (χ3v) is 3.98. The second-order valence-electron chi connectivity index (χ2n) is 6.04. The molecule has 1 aliphatic rings. The van der Waals surface area contributed by atoms with Crippen molar-refractivity contribution in [1.82, 2.24) is 9.78 Å². The van der Waals surface area contributed by atoms with Gasteiger partial charge in [-0.2, -0.15) is 5.10 Å². The van der Waals surface area contributed by atoms with E-state index in [-0.39, 0.29) is 11.6 Å². The van der Waals surface area contributed by atoms with E-state index >= 15 is 0 Å². The van der Waals surface area contributed by atoms with Crippen LogP contribution in [0.3, 0.4) is 0 Å². The minimum Gasteiger partial charge on any atom is -0.368 e. The van der Waals surface area contributed by atoms with Gasteiger partial charge in [-0.05, 0) is 32.1 Å². The Balaban J connectivity index is 2.36. The molecule has 1 fully saturated rings. The molecule has 2 atom stereocenters. The summed E-state index contributed by atoms with van der Waals surface area (Å²) in [6, 6.07) is 0.0262. The topological polar surface area (TPSA) is 38.1 Å². The lowest BCUT2D eigenvalue weighted by Gasteiger charge is -2.36. The fraction of sp³-hybridized carbons (Fsp3) is 0.714. The molecule has 5 heteroatoms. The lowest BCUT2D eigenvalue weighted by Crippen LogP contribution is -2.40. The Morgan fingerprint density at radius 1 is 1.32 bits per heavy atom. The summed E-state index contributed by atoms with van der Waals surface area (Å²) in [4.78, 5) is 14.4. The van der Waals surface area contributed by atoms with Gasteiger partial charge in [-0.3, -0.25) is 4.79 Å². The lowest BCUT2D eigenvalue weighted by atomic mass is 9.92. The molecule has 0 aromatic carbocycles. The molecule has 106 valence electrons. The smallest absolute Gasteiger partial charge is 0.287 e. The summed E-state index contributed by atoms with van der Waals surface area (Å²) in [6.07, 6.45) is 2.96. The molecular formula is C14H22ClN3O. The summed E-state index contributed by atoms with van der Waals surface area (Å²) in [6.45, 7) is 10.2. The molecule has 0 aliphatic carbocycles. The second kappa shape index (κ2) is 5.53. The van der Waals surface area contributed by atoms with Crippen LogP contribution in [0.15, 0.2) is 11.0 Å². The predicted molar refractivity (Wildman–Crippen MR) is 79.1 cm³/mol. The minimum absolute atomic E-state index is 0.0262. The summed E-state index contributed by atoms with van der Waals surface area (Å²) in [5, 5.41) is 4.54. The number of halogens is 1. The van der Waals surface area contributed by atoms with Gasteiger partial charge >= 0.3 is 0 Å². The number of hydrogen-bond acceptors (Lipinski definition) is 3. The van der Waals surface area contributed by atoms with Crippen molar-refractivity contribution in [3.05, 3.63) is 21.6 Å². The quantitative estimate of drug-likeness (QED) is 0.837. The molecule has 0 bridgehead atoms. The van der Waals surface area contributed by atoms with Crippen LogP contribution in [0.25, 0.3) is 0 Å². The Kier molecular flexibility index (Phi) is 4.19. The highest BCUT2D eigenvalue weighted by atomic mass is 35.5. The van der Waals surface area contributed by atoms with Gasteiger partial charge in [0.2, 0.25) is 0 Å². The number of piperidine rings is 1. The fourth-order valence-electron chi connectivity index (χ4n) is 2.88. The van der Waals surface area contributed by atoms with Crippen LogP contribution in [-0.2, 0) is 0 Å². The zero-order valence-electron chi connectivity index (χ0n) is 12.1. The molecule has 0 saturated carbocycles. The van der Waals surface area contributed by atoms with Gasteiger partial charge in [0.25, 0.3) is 5.56 Å². The van der Waals surface area contributed by atoms with Crippen LogP contribution in [0.1, 0.15) is 40.2 Å². The molecule has 19 heavy (non-hydrogen) atoms. The van der Waals surface area contributed by atoms with Gasteiger partial charge in [0.1, 0.15) is 5.02 Å². The van der Waals surface area contributed by atoms with Crippen molar-refractivity contribution in [2.24, 2.45) is 11.8 Å². The Morgan fingerprint density at radius 3 is 2.42 bits per heavy atom. The van der Waals surface area contributed by atoms with Gasteiger partial charge in [-0.1, -0.05) is 25.4 Å². The van der Waals surface area contributed by atoms with Crippen LogP contribution in [0.4, 0.5) is 5.69 Å². The minimum atomic E-state index is -0.194. The highest BCUT2D eigenvalue weighted by molar-refractivity contribution is 6.33. The average molecular weight is 284 g/mol. The molecule has 0 radical (unpaired) electrons. The molecule has 0 unspecified atom stereocenters. The molecule has 4 nitrogen and oxygen atoms in total. The molecule has 0 spiro atoms. The van der Waals surface area contributed by atoms with E-state index in [9.17, 15) is 4.79 Å². The van der Waals surface area contributed by atoms with Crippen LogP contribution in [0.2, 0.25) is 5.02 Å². The van der Waals surface area contributed by atoms with E-state index in [2.05, 4.69) is 23.8 Å². The fourth-order valence-corrected chi connectivity index (χ4v) is 3.14. The van der Waals surface area contributed by atoms with E-state index in [0.717, 1.165) is 18.8 Å². The standard InChI is InChI=1S/C14H22ClN3O/c1-9(2)18-14(19)13(15)12(6-16-18)17-7-10(3)5-11(4)8-17/h6,9-11H,5,7-8H2,1-4H3/t10-,11-/m1/s1. The first-order valence-corrected chi connectivity index (χ1v) is 7.30. The van der Waals surface area contributed by atoms with Crippen molar-refractivity contribution in [1.29, 1.82) is 0 Å². The highest BCUT2D eigenvalue weighted by Crippen LogP contribution is 2.29. The predicted octanol–water partition coefficient (Wildman–Crippen LogP) is 2.96. The zero-order valence-corrected chi connectivity index (χ0v) is 12.8. The van der Waals surface area contributed by atoms with Crippen molar-refractivity contribution in [3.8, 4) is 0 Å². The van der Waals surface area contributed by atoms with Crippen LogP contribution in [0, 0.1) is 11.8 Å². The molecule has 1 aromatic rings. The number of aromatic nitrogens is 2. The van der Waals surface area contributed by atoms with E-state index in [1.54, 1.807) is 6.20 Å². The van der Waals surface area contributed by atoms with Gasteiger partial charge in [0.15, 0.2) is 0 Å². The van der Waals surface area contributed by atoms with Gasteiger partial charge in [-0.25, -0.2) is 4.68 Å². The largest absolute Gasteiger partial charge is 0.368 e. The normalized spacial score (nSPS) is 24.0. The molecule has 0 N–H and O–H groups in total. The van der Waals surface area contributed by atoms with E-state index in [0.29, 0.717) is 16.9 Å². The lowest BCUT2D eigenvalue weighted by molar-refractivity contribution is 0.356. The Labute approximate surface area is 119 Å². The monoisotopic (exact) mass is 283 g/mol. The van der Waals surface area contributed by atoms with Crippen LogP contribution < -0.4 is 10.5 Å². The molecule has 0 amide bonds. The van der Waals surface area contributed by atoms with Gasteiger partial charge in [0.05, 0.1) is 17.9 Å². The number of anilines is 1. The SMILES string of the molecule is CC(C)n1ncc(N2C[C@H](C)C[C@@H](C)C2)c(Cl)c1=O. The zero-order chi connectivity index (χ0) is 14.2.